The molecule has 76 valence electrons. The predicted molar refractivity (Wildman–Crippen MR) is 56.6 cm³/mol. The van der Waals surface area contributed by atoms with Gasteiger partial charge >= 0.3 is 0 Å². The first-order valence-corrected chi connectivity index (χ1v) is 5.12. The fraction of sp³-hybridized carbons (Fsp3) is 0.400. The minimum Gasteiger partial charge on any atom is -0.341 e. The van der Waals surface area contributed by atoms with Crippen molar-refractivity contribution in [1.29, 1.82) is 0 Å². The number of rotatable bonds is 1. The summed E-state index contributed by atoms with van der Waals surface area (Å²) < 4.78 is 0. The van der Waals surface area contributed by atoms with Crippen molar-refractivity contribution < 1.29 is 0 Å². The molecule has 2 aromatic rings. The molecule has 0 unspecified atom stereocenters. The van der Waals surface area contributed by atoms with Crippen molar-refractivity contribution in [3.8, 4) is 0 Å². The molecule has 1 aliphatic rings. The number of anilines is 1. The van der Waals surface area contributed by atoms with Gasteiger partial charge in [0.15, 0.2) is 5.65 Å². The van der Waals surface area contributed by atoms with E-state index in [9.17, 15) is 0 Å². The molecule has 3 heterocycles. The van der Waals surface area contributed by atoms with E-state index in [2.05, 4.69) is 24.8 Å². The summed E-state index contributed by atoms with van der Waals surface area (Å²) in [6.45, 7) is 2.09. The third kappa shape index (κ3) is 1.49. The van der Waals surface area contributed by atoms with E-state index in [4.69, 9.17) is 0 Å². The van der Waals surface area contributed by atoms with Crippen LogP contribution in [0.15, 0.2) is 18.6 Å². The van der Waals surface area contributed by atoms with Gasteiger partial charge in [-0.3, -0.25) is 0 Å². The second-order valence-corrected chi connectivity index (χ2v) is 3.63. The number of nitrogens with zero attached hydrogens (tertiary/aromatic N) is 5. The maximum absolute atomic E-state index is 4.40. The van der Waals surface area contributed by atoms with Crippen LogP contribution in [0, 0.1) is 0 Å². The lowest BCUT2D eigenvalue weighted by atomic mass is 10.4. The lowest BCUT2D eigenvalue weighted by molar-refractivity contribution is 0.903. The summed E-state index contributed by atoms with van der Waals surface area (Å²) in [5, 5.41) is 0. The standard InChI is InChI=1S/C10H11N5/c1-2-6-15(5-1)10-13-7-8-9(14-10)12-4-3-11-8/h3-4,7H,1-2,5-6H2. The minimum absolute atomic E-state index is 0.675. The number of aromatic nitrogens is 4. The Balaban J connectivity index is 2.05. The smallest absolute Gasteiger partial charge is 0.227 e. The van der Waals surface area contributed by atoms with E-state index >= 15 is 0 Å². The molecular weight excluding hydrogens is 190 g/mol. The van der Waals surface area contributed by atoms with E-state index in [-0.39, 0.29) is 0 Å². The molecule has 1 fully saturated rings. The molecule has 1 aliphatic heterocycles. The van der Waals surface area contributed by atoms with Crippen LogP contribution >= 0.6 is 0 Å². The molecule has 0 saturated carbocycles. The summed E-state index contributed by atoms with van der Waals surface area (Å²) in [7, 11) is 0. The molecule has 2 aromatic heterocycles. The molecule has 5 nitrogen and oxygen atoms in total. The van der Waals surface area contributed by atoms with Gasteiger partial charge in [-0.05, 0) is 12.8 Å². The zero-order chi connectivity index (χ0) is 10.1. The molecule has 0 spiro atoms. The van der Waals surface area contributed by atoms with Crippen LogP contribution < -0.4 is 4.90 Å². The molecule has 0 aromatic carbocycles. The third-order valence-electron chi connectivity index (χ3n) is 2.60. The SMILES string of the molecule is c1cnc2nc(N3CCCC3)ncc2n1. The van der Waals surface area contributed by atoms with E-state index in [0.29, 0.717) is 5.65 Å². The first-order chi connectivity index (χ1) is 7.43. The topological polar surface area (TPSA) is 54.8 Å². The number of hydrogen-bond donors (Lipinski definition) is 0. The average molecular weight is 201 g/mol. The lowest BCUT2D eigenvalue weighted by Crippen LogP contribution is -2.20. The van der Waals surface area contributed by atoms with Gasteiger partial charge in [0.25, 0.3) is 0 Å². The maximum Gasteiger partial charge on any atom is 0.227 e. The summed E-state index contributed by atoms with van der Waals surface area (Å²) in [5.74, 6) is 0.778. The highest BCUT2D eigenvalue weighted by atomic mass is 15.3. The zero-order valence-electron chi connectivity index (χ0n) is 8.30. The van der Waals surface area contributed by atoms with Crippen molar-refractivity contribution in [2.45, 2.75) is 12.8 Å². The van der Waals surface area contributed by atoms with E-state index in [1.54, 1.807) is 18.6 Å². The average Bonchev–Trinajstić information content (AvgIpc) is 2.82. The second-order valence-electron chi connectivity index (χ2n) is 3.63. The van der Waals surface area contributed by atoms with Crippen LogP contribution in [0.2, 0.25) is 0 Å². The molecule has 3 rings (SSSR count). The number of hydrogen-bond acceptors (Lipinski definition) is 5. The summed E-state index contributed by atoms with van der Waals surface area (Å²) in [6.07, 6.45) is 7.50. The van der Waals surface area contributed by atoms with Gasteiger partial charge in [-0.2, -0.15) is 4.98 Å². The maximum atomic E-state index is 4.40. The molecule has 5 heteroatoms. The summed E-state index contributed by atoms with van der Waals surface area (Å²) in [4.78, 5) is 19.2. The van der Waals surface area contributed by atoms with Gasteiger partial charge in [-0.1, -0.05) is 0 Å². The minimum atomic E-state index is 0.675. The van der Waals surface area contributed by atoms with Crippen LogP contribution in [0.3, 0.4) is 0 Å². The molecule has 0 N–H and O–H groups in total. The summed E-state index contributed by atoms with van der Waals surface area (Å²) in [5.41, 5.74) is 1.43. The van der Waals surface area contributed by atoms with Crippen LogP contribution in [-0.4, -0.2) is 33.0 Å². The summed E-state index contributed by atoms with van der Waals surface area (Å²) >= 11 is 0. The van der Waals surface area contributed by atoms with Crippen molar-refractivity contribution in [2.24, 2.45) is 0 Å². The van der Waals surface area contributed by atoms with E-state index in [0.717, 1.165) is 24.6 Å². The Morgan fingerprint density at radius 2 is 1.80 bits per heavy atom. The monoisotopic (exact) mass is 201 g/mol. The summed E-state index contributed by atoms with van der Waals surface area (Å²) in [6, 6.07) is 0. The Morgan fingerprint density at radius 3 is 2.67 bits per heavy atom. The molecule has 0 aliphatic carbocycles. The van der Waals surface area contributed by atoms with E-state index in [1.165, 1.54) is 12.8 Å². The van der Waals surface area contributed by atoms with Crippen LogP contribution in [0.5, 0.6) is 0 Å². The van der Waals surface area contributed by atoms with Gasteiger partial charge in [-0.25, -0.2) is 15.0 Å². The van der Waals surface area contributed by atoms with Crippen LogP contribution in [-0.2, 0) is 0 Å². The predicted octanol–water partition coefficient (Wildman–Crippen LogP) is 1.02. The first kappa shape index (κ1) is 8.52. The van der Waals surface area contributed by atoms with Crippen LogP contribution in [0.25, 0.3) is 11.2 Å². The fourth-order valence-corrected chi connectivity index (χ4v) is 1.83. The second kappa shape index (κ2) is 3.42. The van der Waals surface area contributed by atoms with Gasteiger partial charge in [0.05, 0.1) is 6.20 Å². The van der Waals surface area contributed by atoms with Gasteiger partial charge in [0.2, 0.25) is 5.95 Å². The van der Waals surface area contributed by atoms with Crippen molar-refractivity contribution in [1.82, 2.24) is 19.9 Å². The van der Waals surface area contributed by atoms with E-state index in [1.807, 2.05) is 0 Å². The molecule has 1 saturated heterocycles. The fourth-order valence-electron chi connectivity index (χ4n) is 1.83. The third-order valence-corrected chi connectivity index (χ3v) is 2.60. The van der Waals surface area contributed by atoms with Crippen molar-refractivity contribution in [2.75, 3.05) is 18.0 Å². The molecule has 0 bridgehead atoms. The quantitative estimate of drug-likeness (QED) is 0.689. The molecule has 0 atom stereocenters. The lowest BCUT2D eigenvalue weighted by Gasteiger charge is -2.14. The van der Waals surface area contributed by atoms with Crippen molar-refractivity contribution in [3.05, 3.63) is 18.6 Å². The Kier molecular flexibility index (Phi) is 1.94. The normalized spacial score (nSPS) is 16.1. The molecule has 0 radical (unpaired) electrons. The van der Waals surface area contributed by atoms with Crippen LogP contribution in [0.4, 0.5) is 5.95 Å². The largest absolute Gasteiger partial charge is 0.341 e. The first-order valence-electron chi connectivity index (χ1n) is 5.12. The van der Waals surface area contributed by atoms with Gasteiger partial charge in [-0.15, -0.1) is 0 Å². The van der Waals surface area contributed by atoms with Gasteiger partial charge < -0.3 is 4.90 Å². The molecular formula is C10H11N5. The highest BCUT2D eigenvalue weighted by molar-refractivity contribution is 5.69. The van der Waals surface area contributed by atoms with E-state index < -0.39 is 0 Å². The van der Waals surface area contributed by atoms with Crippen LogP contribution in [0.1, 0.15) is 12.8 Å². The number of fused-ring (bicyclic) bond motifs is 1. The molecule has 15 heavy (non-hydrogen) atoms. The highest BCUT2D eigenvalue weighted by Gasteiger charge is 2.15. The Hall–Kier alpha value is -1.78. The Labute approximate surface area is 87.2 Å². The van der Waals surface area contributed by atoms with Crippen molar-refractivity contribution in [3.63, 3.8) is 0 Å². The Morgan fingerprint density at radius 1 is 1.00 bits per heavy atom. The molecule has 0 amide bonds. The Bertz CT molecular complexity index is 478. The van der Waals surface area contributed by atoms with Crippen molar-refractivity contribution >= 4 is 17.1 Å². The highest BCUT2D eigenvalue weighted by Crippen LogP contribution is 2.16. The van der Waals surface area contributed by atoms with Gasteiger partial charge in [0, 0.05) is 25.5 Å². The zero-order valence-corrected chi connectivity index (χ0v) is 8.30. The van der Waals surface area contributed by atoms with Gasteiger partial charge in [0.1, 0.15) is 5.52 Å².